The van der Waals surface area contributed by atoms with Crippen LogP contribution in [0.3, 0.4) is 0 Å². The number of halogens is 2. The Hall–Kier alpha value is -3.49. The first-order valence-electron chi connectivity index (χ1n) is 8.78. The van der Waals surface area contributed by atoms with Crippen molar-refractivity contribution < 1.29 is 28.6 Å². The molecule has 0 spiro atoms. The molecule has 0 fully saturated rings. The molecule has 3 aromatic rings. The molecule has 0 bridgehead atoms. The number of hydrogen-bond acceptors (Lipinski definition) is 6. The van der Waals surface area contributed by atoms with Crippen molar-refractivity contribution in [1.82, 2.24) is 5.43 Å². The van der Waals surface area contributed by atoms with Crippen molar-refractivity contribution in [3.8, 4) is 11.5 Å². The summed E-state index contributed by atoms with van der Waals surface area (Å²) in [4.78, 5) is 23.0. The number of hydrazone groups is 1. The molecular formula is C21H16Cl2N2O6. The zero-order chi connectivity index (χ0) is 22.4. The minimum Gasteiger partial charge on any atom is -0.493 e. The van der Waals surface area contributed by atoms with Gasteiger partial charge in [0.25, 0.3) is 5.91 Å². The Morgan fingerprint density at radius 1 is 1.13 bits per heavy atom. The zero-order valence-electron chi connectivity index (χ0n) is 16.1. The molecule has 0 saturated carbocycles. The molecule has 2 aromatic carbocycles. The van der Waals surface area contributed by atoms with Gasteiger partial charge in [-0.3, -0.25) is 4.79 Å². The Labute approximate surface area is 187 Å². The van der Waals surface area contributed by atoms with Crippen LogP contribution in [-0.2, 0) is 6.61 Å². The largest absolute Gasteiger partial charge is 0.493 e. The highest BCUT2D eigenvalue weighted by atomic mass is 35.5. The minimum absolute atomic E-state index is 0.0228. The molecule has 0 aliphatic carbocycles. The molecule has 1 amide bonds. The number of nitrogens with one attached hydrogen (secondary N) is 1. The summed E-state index contributed by atoms with van der Waals surface area (Å²) in [7, 11) is 1.48. The van der Waals surface area contributed by atoms with Crippen LogP contribution in [0.2, 0.25) is 10.0 Å². The first-order chi connectivity index (χ1) is 14.9. The third kappa shape index (κ3) is 5.78. The molecule has 31 heavy (non-hydrogen) atoms. The van der Waals surface area contributed by atoms with Gasteiger partial charge in [-0.05, 0) is 54.1 Å². The van der Waals surface area contributed by atoms with Crippen LogP contribution in [0.25, 0.3) is 0 Å². The van der Waals surface area contributed by atoms with E-state index < -0.39 is 11.9 Å². The van der Waals surface area contributed by atoms with Crippen LogP contribution in [0.5, 0.6) is 11.5 Å². The second-order valence-corrected chi connectivity index (χ2v) is 6.94. The normalized spacial score (nSPS) is 10.8. The molecule has 0 radical (unpaired) electrons. The van der Waals surface area contributed by atoms with Gasteiger partial charge in [0.05, 0.1) is 23.9 Å². The number of amides is 1. The Balaban J connectivity index is 1.63. The molecule has 1 aromatic heterocycles. The molecule has 1 heterocycles. The molecule has 0 atom stereocenters. The van der Waals surface area contributed by atoms with Gasteiger partial charge in [0, 0.05) is 5.02 Å². The van der Waals surface area contributed by atoms with Crippen molar-refractivity contribution in [2.45, 2.75) is 6.61 Å². The van der Waals surface area contributed by atoms with Crippen LogP contribution in [0.15, 0.2) is 58.0 Å². The topological polar surface area (TPSA) is 110 Å². The smallest absolute Gasteiger partial charge is 0.371 e. The number of carboxylic acids is 1. The Bertz CT molecular complexity index is 1140. The fraction of sp³-hybridized carbons (Fsp3) is 0.0952. The van der Waals surface area contributed by atoms with Crippen LogP contribution >= 0.6 is 23.2 Å². The predicted molar refractivity (Wildman–Crippen MR) is 115 cm³/mol. The van der Waals surface area contributed by atoms with Crippen molar-refractivity contribution in [1.29, 1.82) is 0 Å². The first-order valence-corrected chi connectivity index (χ1v) is 9.54. The van der Waals surface area contributed by atoms with Gasteiger partial charge < -0.3 is 19.0 Å². The lowest BCUT2D eigenvalue weighted by atomic mass is 10.2. The van der Waals surface area contributed by atoms with Gasteiger partial charge >= 0.3 is 5.97 Å². The standard InChI is InChI=1S/C21H16Cl2N2O6/c1-29-19-8-12(10-24-25-20(26)15-5-3-13(22)9-16(15)23)2-6-17(19)30-11-14-4-7-18(31-14)21(27)28/h2-10H,11H2,1H3,(H,25,26)(H,27,28)/b24-10-. The van der Waals surface area contributed by atoms with Gasteiger partial charge in [-0.25, -0.2) is 10.2 Å². The lowest BCUT2D eigenvalue weighted by Crippen LogP contribution is -2.18. The van der Waals surface area contributed by atoms with Crippen molar-refractivity contribution in [3.63, 3.8) is 0 Å². The van der Waals surface area contributed by atoms with Crippen molar-refractivity contribution >= 4 is 41.3 Å². The van der Waals surface area contributed by atoms with Gasteiger partial charge in [0.15, 0.2) is 11.5 Å². The number of furan rings is 1. The van der Waals surface area contributed by atoms with Gasteiger partial charge in [0.1, 0.15) is 12.4 Å². The molecule has 0 unspecified atom stereocenters. The van der Waals surface area contributed by atoms with E-state index in [4.69, 9.17) is 42.2 Å². The summed E-state index contributed by atoms with van der Waals surface area (Å²) in [6, 6.07) is 12.4. The van der Waals surface area contributed by atoms with Crippen LogP contribution in [0, 0.1) is 0 Å². The maximum atomic E-state index is 12.2. The first kappa shape index (κ1) is 22.2. The average molecular weight is 463 g/mol. The summed E-state index contributed by atoms with van der Waals surface area (Å²) in [5.74, 6) is -0.611. The lowest BCUT2D eigenvalue weighted by Gasteiger charge is -2.10. The van der Waals surface area contributed by atoms with E-state index in [2.05, 4.69) is 10.5 Å². The van der Waals surface area contributed by atoms with E-state index in [1.54, 1.807) is 24.3 Å². The fourth-order valence-corrected chi connectivity index (χ4v) is 3.00. The van der Waals surface area contributed by atoms with Crippen molar-refractivity contribution in [2.24, 2.45) is 5.10 Å². The second kappa shape index (κ2) is 10.0. The van der Waals surface area contributed by atoms with Crippen LogP contribution in [0.4, 0.5) is 0 Å². The summed E-state index contributed by atoms with van der Waals surface area (Å²) >= 11 is 11.8. The number of carboxylic acid groups (broad SMARTS) is 1. The molecule has 0 aliphatic rings. The minimum atomic E-state index is -1.15. The van der Waals surface area contributed by atoms with Gasteiger partial charge in [-0.2, -0.15) is 5.10 Å². The molecule has 2 N–H and O–H groups in total. The average Bonchev–Trinajstić information content (AvgIpc) is 3.22. The number of carbonyl (C=O) groups excluding carboxylic acids is 1. The molecule has 0 aliphatic heterocycles. The maximum absolute atomic E-state index is 12.2. The van der Waals surface area contributed by atoms with Gasteiger partial charge in [-0.1, -0.05) is 23.2 Å². The predicted octanol–water partition coefficient (Wildman–Crippen LogP) is 4.64. The molecule has 3 rings (SSSR count). The van der Waals surface area contributed by atoms with E-state index in [-0.39, 0.29) is 23.0 Å². The van der Waals surface area contributed by atoms with Crippen molar-refractivity contribution in [3.05, 3.63) is 81.2 Å². The summed E-state index contributed by atoms with van der Waals surface area (Å²) in [5, 5.41) is 13.4. The summed E-state index contributed by atoms with van der Waals surface area (Å²) in [5.41, 5.74) is 3.27. The number of benzene rings is 2. The van der Waals surface area contributed by atoms with Gasteiger partial charge in [-0.15, -0.1) is 0 Å². The maximum Gasteiger partial charge on any atom is 0.371 e. The highest BCUT2D eigenvalue weighted by Crippen LogP contribution is 2.28. The number of nitrogens with zero attached hydrogens (tertiary/aromatic N) is 1. The Morgan fingerprint density at radius 3 is 2.61 bits per heavy atom. The third-order valence-corrected chi connectivity index (χ3v) is 4.53. The highest BCUT2D eigenvalue weighted by Gasteiger charge is 2.12. The Morgan fingerprint density at radius 2 is 1.94 bits per heavy atom. The number of ether oxygens (including phenoxy) is 2. The van der Waals surface area contributed by atoms with Crippen LogP contribution in [0.1, 0.15) is 32.2 Å². The quantitative estimate of drug-likeness (QED) is 0.372. The molecule has 160 valence electrons. The van der Waals surface area contributed by atoms with Crippen LogP contribution in [-0.4, -0.2) is 30.3 Å². The molecule has 10 heteroatoms. The summed E-state index contributed by atoms with van der Waals surface area (Å²) in [6.07, 6.45) is 1.43. The zero-order valence-corrected chi connectivity index (χ0v) is 17.6. The highest BCUT2D eigenvalue weighted by molar-refractivity contribution is 6.36. The lowest BCUT2D eigenvalue weighted by molar-refractivity contribution is 0.0657. The Kier molecular flexibility index (Phi) is 7.17. The number of methoxy groups -OCH3 is 1. The van der Waals surface area contributed by atoms with E-state index in [0.29, 0.717) is 27.8 Å². The van der Waals surface area contributed by atoms with E-state index >= 15 is 0 Å². The van der Waals surface area contributed by atoms with Crippen LogP contribution < -0.4 is 14.9 Å². The molecule has 8 nitrogen and oxygen atoms in total. The van der Waals surface area contributed by atoms with E-state index in [0.717, 1.165) is 0 Å². The summed E-state index contributed by atoms with van der Waals surface area (Å²) in [6.45, 7) is 0.0228. The molecular weight excluding hydrogens is 447 g/mol. The van der Waals surface area contributed by atoms with Crippen molar-refractivity contribution in [2.75, 3.05) is 7.11 Å². The van der Waals surface area contributed by atoms with E-state index in [1.165, 1.54) is 37.6 Å². The summed E-state index contributed by atoms with van der Waals surface area (Å²) < 4.78 is 16.1. The number of aromatic carboxylic acids is 1. The number of carbonyl (C=O) groups is 2. The van der Waals surface area contributed by atoms with E-state index in [9.17, 15) is 9.59 Å². The van der Waals surface area contributed by atoms with E-state index in [1.807, 2.05) is 0 Å². The second-order valence-electron chi connectivity index (χ2n) is 6.09. The SMILES string of the molecule is COc1cc(/C=N\NC(=O)c2ccc(Cl)cc2Cl)ccc1OCc1ccc(C(=O)O)o1. The molecule has 0 saturated heterocycles. The number of rotatable bonds is 8. The third-order valence-electron chi connectivity index (χ3n) is 3.99. The number of hydrogen-bond donors (Lipinski definition) is 2. The monoisotopic (exact) mass is 462 g/mol. The fourth-order valence-electron chi connectivity index (χ4n) is 2.50. The van der Waals surface area contributed by atoms with Gasteiger partial charge in [0.2, 0.25) is 5.76 Å².